The van der Waals surface area contributed by atoms with Crippen LogP contribution in [0.4, 0.5) is 5.69 Å². The highest BCUT2D eigenvalue weighted by atomic mass is 16.6. The Hall–Kier alpha value is -1.58. The summed E-state index contributed by atoms with van der Waals surface area (Å²) in [5.74, 6) is -0.410. The van der Waals surface area contributed by atoms with Crippen LogP contribution >= 0.6 is 0 Å². The summed E-state index contributed by atoms with van der Waals surface area (Å²) in [7, 11) is 1.74. The molecule has 0 saturated carbocycles. The predicted molar refractivity (Wildman–Crippen MR) is 59.0 cm³/mol. The third-order valence-electron chi connectivity index (χ3n) is 1.67. The number of nitrogens with zero attached hydrogens (tertiary/aromatic N) is 1. The van der Waals surface area contributed by atoms with Gasteiger partial charge in [-0.3, -0.25) is 0 Å². The molecule has 82 valence electrons. The number of carbonyl (C=O) groups excluding carboxylic acids is 1. The van der Waals surface area contributed by atoms with E-state index in [9.17, 15) is 4.79 Å². The van der Waals surface area contributed by atoms with Crippen LogP contribution < -0.4 is 5.32 Å². The van der Waals surface area contributed by atoms with Crippen LogP contribution in [0, 0.1) is 0 Å². The summed E-state index contributed by atoms with van der Waals surface area (Å²) in [5, 5.41) is 2.90. The number of anilines is 1. The summed E-state index contributed by atoms with van der Waals surface area (Å²) in [6.45, 7) is 5.48. The van der Waals surface area contributed by atoms with Crippen LogP contribution in [0.3, 0.4) is 0 Å². The Morgan fingerprint density at radius 3 is 2.67 bits per heavy atom. The molecule has 0 bridgehead atoms. The van der Waals surface area contributed by atoms with Gasteiger partial charge in [0, 0.05) is 13.2 Å². The van der Waals surface area contributed by atoms with Crippen LogP contribution in [0.25, 0.3) is 0 Å². The lowest BCUT2D eigenvalue weighted by atomic mass is 10.2. The summed E-state index contributed by atoms with van der Waals surface area (Å²) in [6, 6.07) is 3.55. The van der Waals surface area contributed by atoms with Gasteiger partial charge in [-0.2, -0.15) is 0 Å². The minimum Gasteiger partial charge on any atom is -0.455 e. The van der Waals surface area contributed by atoms with E-state index in [1.165, 1.54) is 0 Å². The van der Waals surface area contributed by atoms with Crippen molar-refractivity contribution in [3.05, 3.63) is 24.0 Å². The van der Waals surface area contributed by atoms with E-state index in [4.69, 9.17) is 4.74 Å². The maximum Gasteiger partial charge on any atom is 0.359 e. The largest absolute Gasteiger partial charge is 0.455 e. The second-order valence-electron chi connectivity index (χ2n) is 4.15. The van der Waals surface area contributed by atoms with E-state index in [0.717, 1.165) is 0 Å². The van der Waals surface area contributed by atoms with Gasteiger partial charge < -0.3 is 10.1 Å². The van der Waals surface area contributed by atoms with Crippen LogP contribution in [0.1, 0.15) is 31.3 Å². The molecule has 4 nitrogen and oxygen atoms in total. The molecule has 0 aliphatic rings. The molecule has 0 atom stereocenters. The van der Waals surface area contributed by atoms with Gasteiger partial charge in [0.15, 0.2) is 5.69 Å². The lowest BCUT2D eigenvalue weighted by Gasteiger charge is -2.19. The van der Waals surface area contributed by atoms with E-state index < -0.39 is 11.6 Å². The van der Waals surface area contributed by atoms with Crippen molar-refractivity contribution in [2.24, 2.45) is 0 Å². The number of esters is 1. The molecule has 0 saturated heterocycles. The second-order valence-corrected chi connectivity index (χ2v) is 4.15. The predicted octanol–water partition coefficient (Wildman–Crippen LogP) is 2.08. The van der Waals surface area contributed by atoms with Crippen molar-refractivity contribution >= 4 is 11.7 Å². The smallest absolute Gasteiger partial charge is 0.359 e. The fourth-order valence-electron chi connectivity index (χ4n) is 1.10. The van der Waals surface area contributed by atoms with Gasteiger partial charge in [-0.05, 0) is 32.9 Å². The number of pyridine rings is 1. The molecule has 15 heavy (non-hydrogen) atoms. The first-order valence-corrected chi connectivity index (χ1v) is 4.80. The highest BCUT2D eigenvalue weighted by molar-refractivity contribution is 5.93. The van der Waals surface area contributed by atoms with Crippen molar-refractivity contribution in [1.82, 2.24) is 4.98 Å². The third kappa shape index (κ3) is 3.23. The van der Waals surface area contributed by atoms with Crippen LogP contribution in [-0.2, 0) is 4.74 Å². The molecular weight excluding hydrogens is 192 g/mol. The van der Waals surface area contributed by atoms with E-state index in [2.05, 4.69) is 10.3 Å². The minimum atomic E-state index is -0.500. The zero-order valence-electron chi connectivity index (χ0n) is 9.50. The first-order valence-electron chi connectivity index (χ1n) is 4.80. The summed E-state index contributed by atoms with van der Waals surface area (Å²) >= 11 is 0. The third-order valence-corrected chi connectivity index (χ3v) is 1.67. The highest BCUT2D eigenvalue weighted by Gasteiger charge is 2.20. The molecule has 0 unspecified atom stereocenters. The van der Waals surface area contributed by atoms with E-state index in [0.29, 0.717) is 11.4 Å². The van der Waals surface area contributed by atoms with Crippen molar-refractivity contribution in [2.75, 3.05) is 12.4 Å². The second kappa shape index (κ2) is 4.29. The minimum absolute atomic E-state index is 0.315. The molecule has 0 aliphatic heterocycles. The van der Waals surface area contributed by atoms with Gasteiger partial charge in [0.05, 0.1) is 5.69 Å². The molecule has 1 aromatic heterocycles. The Kier molecular flexibility index (Phi) is 3.29. The summed E-state index contributed by atoms with van der Waals surface area (Å²) in [4.78, 5) is 15.7. The molecule has 0 spiro atoms. The molecule has 0 radical (unpaired) electrons. The Morgan fingerprint density at radius 2 is 2.13 bits per heavy atom. The lowest BCUT2D eigenvalue weighted by molar-refractivity contribution is 0.00641. The van der Waals surface area contributed by atoms with E-state index in [-0.39, 0.29) is 0 Å². The first-order chi connectivity index (χ1) is 6.94. The van der Waals surface area contributed by atoms with Gasteiger partial charge in [-0.15, -0.1) is 0 Å². The molecule has 1 N–H and O–H groups in total. The van der Waals surface area contributed by atoms with Gasteiger partial charge in [0.2, 0.25) is 0 Å². The van der Waals surface area contributed by atoms with Gasteiger partial charge in [-0.25, -0.2) is 9.78 Å². The van der Waals surface area contributed by atoms with Crippen LogP contribution in [-0.4, -0.2) is 23.6 Å². The molecule has 0 aromatic carbocycles. The Morgan fingerprint density at radius 1 is 1.47 bits per heavy atom. The van der Waals surface area contributed by atoms with Crippen LogP contribution in [0.2, 0.25) is 0 Å². The molecule has 1 rings (SSSR count). The topological polar surface area (TPSA) is 51.2 Å². The first kappa shape index (κ1) is 11.5. The van der Waals surface area contributed by atoms with Crippen molar-refractivity contribution in [1.29, 1.82) is 0 Å². The Balaban J connectivity index is 2.91. The zero-order chi connectivity index (χ0) is 11.5. The number of carbonyl (C=O) groups is 1. The number of rotatable bonds is 2. The zero-order valence-corrected chi connectivity index (χ0v) is 9.50. The number of aromatic nitrogens is 1. The molecule has 0 aliphatic carbocycles. The Labute approximate surface area is 89.7 Å². The summed E-state index contributed by atoms with van der Waals surface area (Å²) in [6.07, 6.45) is 1.57. The van der Waals surface area contributed by atoms with Crippen LogP contribution in [0.5, 0.6) is 0 Å². The number of nitrogens with one attached hydrogen (secondary N) is 1. The normalized spacial score (nSPS) is 10.9. The van der Waals surface area contributed by atoms with Crippen molar-refractivity contribution in [3.8, 4) is 0 Å². The molecule has 4 heteroatoms. The van der Waals surface area contributed by atoms with E-state index in [1.807, 2.05) is 20.8 Å². The fourth-order valence-corrected chi connectivity index (χ4v) is 1.10. The molecule has 0 amide bonds. The van der Waals surface area contributed by atoms with Crippen LogP contribution in [0.15, 0.2) is 18.3 Å². The lowest BCUT2D eigenvalue weighted by Crippen LogP contribution is -2.25. The number of ether oxygens (including phenoxy) is 1. The fraction of sp³-hybridized carbons (Fsp3) is 0.455. The molecule has 1 aromatic rings. The maximum atomic E-state index is 11.7. The van der Waals surface area contributed by atoms with E-state index >= 15 is 0 Å². The highest BCUT2D eigenvalue weighted by Crippen LogP contribution is 2.16. The SMILES string of the molecule is CNc1cccnc1C(=O)OC(C)(C)C. The number of hydrogen-bond acceptors (Lipinski definition) is 4. The quantitative estimate of drug-likeness (QED) is 0.756. The monoisotopic (exact) mass is 208 g/mol. The van der Waals surface area contributed by atoms with Crippen molar-refractivity contribution in [3.63, 3.8) is 0 Å². The molecule has 0 fully saturated rings. The standard InChI is InChI=1S/C11H16N2O2/c1-11(2,3)15-10(14)9-8(12-4)6-5-7-13-9/h5-7,12H,1-4H3. The number of hydrogen-bond donors (Lipinski definition) is 1. The van der Waals surface area contributed by atoms with E-state index in [1.54, 1.807) is 25.4 Å². The molecular formula is C11H16N2O2. The average Bonchev–Trinajstić information content (AvgIpc) is 2.15. The Bertz CT molecular complexity index is 356. The average molecular weight is 208 g/mol. The van der Waals surface area contributed by atoms with Gasteiger partial charge in [0.1, 0.15) is 5.60 Å². The van der Waals surface area contributed by atoms with Gasteiger partial charge in [0.25, 0.3) is 0 Å². The maximum absolute atomic E-state index is 11.7. The van der Waals surface area contributed by atoms with Gasteiger partial charge >= 0.3 is 5.97 Å². The van der Waals surface area contributed by atoms with Crippen molar-refractivity contribution in [2.45, 2.75) is 26.4 Å². The van der Waals surface area contributed by atoms with Gasteiger partial charge in [-0.1, -0.05) is 0 Å². The molecule has 1 heterocycles. The summed E-state index contributed by atoms with van der Waals surface area (Å²) in [5.41, 5.74) is 0.487. The summed E-state index contributed by atoms with van der Waals surface area (Å²) < 4.78 is 5.22. The van der Waals surface area contributed by atoms with Crippen molar-refractivity contribution < 1.29 is 9.53 Å².